The summed E-state index contributed by atoms with van der Waals surface area (Å²) in [7, 11) is 0. The van der Waals surface area contributed by atoms with Gasteiger partial charge < -0.3 is 9.84 Å². The Morgan fingerprint density at radius 2 is 2.12 bits per heavy atom. The molecule has 0 amide bonds. The van der Waals surface area contributed by atoms with Crippen molar-refractivity contribution in [2.75, 3.05) is 0 Å². The Bertz CT molecular complexity index is 426. The van der Waals surface area contributed by atoms with Crippen LogP contribution < -0.4 is 4.74 Å². The minimum atomic E-state index is -2.95. The summed E-state index contributed by atoms with van der Waals surface area (Å²) in [5.74, 6) is -1.11. The zero-order chi connectivity index (χ0) is 13.0. The van der Waals surface area contributed by atoms with E-state index in [4.69, 9.17) is 16.7 Å². The highest BCUT2D eigenvalue weighted by Gasteiger charge is 2.14. The van der Waals surface area contributed by atoms with Gasteiger partial charge in [0.1, 0.15) is 5.75 Å². The SMILES string of the molecule is O=C(O)Cc1cc(CBr)c(OC(F)F)cc1Cl. The van der Waals surface area contributed by atoms with Crippen LogP contribution in [0.25, 0.3) is 0 Å². The van der Waals surface area contributed by atoms with Crippen LogP contribution in [0, 0.1) is 0 Å². The van der Waals surface area contributed by atoms with Gasteiger partial charge in [-0.25, -0.2) is 0 Å². The zero-order valence-corrected chi connectivity index (χ0v) is 10.8. The highest BCUT2D eigenvalue weighted by atomic mass is 79.9. The number of hydrogen-bond donors (Lipinski definition) is 1. The summed E-state index contributed by atoms with van der Waals surface area (Å²) in [4.78, 5) is 10.6. The van der Waals surface area contributed by atoms with Crippen molar-refractivity contribution < 1.29 is 23.4 Å². The first-order valence-corrected chi connectivity index (χ1v) is 5.98. The molecule has 0 saturated carbocycles. The monoisotopic (exact) mass is 328 g/mol. The number of halogens is 4. The quantitative estimate of drug-likeness (QED) is 0.842. The van der Waals surface area contributed by atoms with Gasteiger partial charge in [-0.2, -0.15) is 8.78 Å². The second-order valence-electron chi connectivity index (χ2n) is 3.13. The molecule has 0 atom stereocenters. The molecule has 0 heterocycles. The van der Waals surface area contributed by atoms with Crippen molar-refractivity contribution in [3.8, 4) is 5.75 Å². The Balaban J connectivity index is 3.10. The molecule has 0 aliphatic heterocycles. The van der Waals surface area contributed by atoms with Crippen LogP contribution in [-0.2, 0) is 16.5 Å². The van der Waals surface area contributed by atoms with E-state index in [1.54, 1.807) is 0 Å². The van der Waals surface area contributed by atoms with Gasteiger partial charge in [0.05, 0.1) is 6.42 Å². The number of carboxylic acid groups (broad SMARTS) is 1. The van der Waals surface area contributed by atoms with Crippen molar-refractivity contribution in [1.82, 2.24) is 0 Å². The lowest BCUT2D eigenvalue weighted by Crippen LogP contribution is -2.06. The molecule has 94 valence electrons. The topological polar surface area (TPSA) is 46.5 Å². The highest BCUT2D eigenvalue weighted by molar-refractivity contribution is 9.08. The van der Waals surface area contributed by atoms with Crippen LogP contribution in [0.5, 0.6) is 5.75 Å². The molecular weight excluding hydrogens is 321 g/mol. The van der Waals surface area contributed by atoms with Gasteiger partial charge in [-0.05, 0) is 17.7 Å². The van der Waals surface area contributed by atoms with E-state index in [0.717, 1.165) is 0 Å². The molecule has 0 radical (unpaired) electrons. The molecule has 0 fully saturated rings. The van der Waals surface area contributed by atoms with Gasteiger partial charge in [0.2, 0.25) is 0 Å². The standard InChI is InChI=1S/C10H8BrClF2O3/c11-4-6-1-5(2-9(15)16)7(12)3-8(6)17-10(13)14/h1,3,10H,2,4H2,(H,15,16). The fraction of sp³-hybridized carbons (Fsp3) is 0.300. The molecule has 1 N–H and O–H groups in total. The lowest BCUT2D eigenvalue weighted by molar-refractivity contribution is -0.136. The Kier molecular flexibility index (Phi) is 5.14. The molecule has 0 unspecified atom stereocenters. The number of ether oxygens (including phenoxy) is 1. The van der Waals surface area contributed by atoms with E-state index < -0.39 is 12.6 Å². The molecule has 1 aromatic carbocycles. The predicted octanol–water partition coefficient (Wildman–Crippen LogP) is 3.46. The maximum absolute atomic E-state index is 12.1. The van der Waals surface area contributed by atoms with Crippen LogP contribution in [0.3, 0.4) is 0 Å². The zero-order valence-electron chi connectivity index (χ0n) is 8.42. The summed E-state index contributed by atoms with van der Waals surface area (Å²) >= 11 is 8.89. The molecule has 0 aliphatic carbocycles. The van der Waals surface area contributed by atoms with Crippen LogP contribution >= 0.6 is 27.5 Å². The molecule has 0 spiro atoms. The molecular formula is C10H8BrClF2O3. The number of hydrogen-bond acceptors (Lipinski definition) is 2. The summed E-state index contributed by atoms with van der Waals surface area (Å²) in [5.41, 5.74) is 0.779. The number of benzene rings is 1. The second kappa shape index (κ2) is 6.16. The summed E-state index contributed by atoms with van der Waals surface area (Å²) in [6, 6.07) is 2.63. The summed E-state index contributed by atoms with van der Waals surface area (Å²) in [6.45, 7) is -2.95. The molecule has 17 heavy (non-hydrogen) atoms. The maximum atomic E-state index is 12.1. The fourth-order valence-electron chi connectivity index (χ4n) is 1.26. The first-order valence-electron chi connectivity index (χ1n) is 4.48. The first kappa shape index (κ1) is 14.2. The first-order chi connectivity index (χ1) is 7.93. The van der Waals surface area contributed by atoms with Crippen LogP contribution in [0.2, 0.25) is 5.02 Å². The third kappa shape index (κ3) is 4.12. The highest BCUT2D eigenvalue weighted by Crippen LogP contribution is 2.30. The number of carboxylic acids is 1. The maximum Gasteiger partial charge on any atom is 0.387 e. The molecule has 0 aliphatic rings. The molecule has 1 aromatic rings. The van der Waals surface area contributed by atoms with Gasteiger partial charge in [-0.3, -0.25) is 4.79 Å². The van der Waals surface area contributed by atoms with Crippen molar-refractivity contribution in [3.63, 3.8) is 0 Å². The van der Waals surface area contributed by atoms with Gasteiger partial charge in [0.25, 0.3) is 0 Å². The van der Waals surface area contributed by atoms with Gasteiger partial charge in [-0.1, -0.05) is 27.5 Å². The number of rotatable bonds is 5. The normalized spacial score (nSPS) is 10.6. The largest absolute Gasteiger partial charge is 0.481 e. The average molecular weight is 330 g/mol. The molecule has 0 saturated heterocycles. The van der Waals surface area contributed by atoms with Crippen molar-refractivity contribution in [1.29, 1.82) is 0 Å². The smallest absolute Gasteiger partial charge is 0.387 e. The third-order valence-corrected chi connectivity index (χ3v) is 2.89. The molecule has 7 heteroatoms. The van der Waals surface area contributed by atoms with E-state index in [1.165, 1.54) is 12.1 Å². The van der Waals surface area contributed by atoms with E-state index in [2.05, 4.69) is 20.7 Å². The van der Waals surface area contributed by atoms with E-state index in [0.29, 0.717) is 11.1 Å². The second-order valence-corrected chi connectivity index (χ2v) is 4.10. The van der Waals surface area contributed by atoms with Crippen LogP contribution in [0.4, 0.5) is 8.78 Å². The Morgan fingerprint density at radius 1 is 1.47 bits per heavy atom. The minimum Gasteiger partial charge on any atom is -0.481 e. The number of carbonyl (C=O) groups is 1. The Labute approximate surface area is 109 Å². The summed E-state index contributed by atoms with van der Waals surface area (Å²) in [6.07, 6.45) is -0.270. The lowest BCUT2D eigenvalue weighted by Gasteiger charge is -2.11. The van der Waals surface area contributed by atoms with E-state index in [-0.39, 0.29) is 22.5 Å². The Morgan fingerprint density at radius 3 is 2.59 bits per heavy atom. The fourth-order valence-corrected chi connectivity index (χ4v) is 1.92. The molecule has 0 aromatic heterocycles. The molecule has 1 rings (SSSR count). The van der Waals surface area contributed by atoms with Gasteiger partial charge >= 0.3 is 12.6 Å². The van der Waals surface area contributed by atoms with Gasteiger partial charge in [0, 0.05) is 15.9 Å². The van der Waals surface area contributed by atoms with E-state index >= 15 is 0 Å². The number of alkyl halides is 3. The average Bonchev–Trinajstić information content (AvgIpc) is 2.20. The summed E-state index contributed by atoms with van der Waals surface area (Å²) in [5, 5.41) is 9.00. The van der Waals surface area contributed by atoms with Gasteiger partial charge in [-0.15, -0.1) is 0 Å². The number of aliphatic carboxylic acids is 1. The van der Waals surface area contributed by atoms with Gasteiger partial charge in [0.15, 0.2) is 0 Å². The van der Waals surface area contributed by atoms with Crippen molar-refractivity contribution >= 4 is 33.5 Å². The molecule has 3 nitrogen and oxygen atoms in total. The minimum absolute atomic E-state index is 0.0592. The van der Waals surface area contributed by atoms with E-state index in [9.17, 15) is 13.6 Å². The lowest BCUT2D eigenvalue weighted by atomic mass is 10.1. The van der Waals surface area contributed by atoms with Crippen molar-refractivity contribution in [3.05, 3.63) is 28.3 Å². The predicted molar refractivity (Wildman–Crippen MR) is 62.1 cm³/mol. The van der Waals surface area contributed by atoms with Crippen LogP contribution in [0.1, 0.15) is 11.1 Å². The van der Waals surface area contributed by atoms with Crippen molar-refractivity contribution in [2.24, 2.45) is 0 Å². The van der Waals surface area contributed by atoms with Crippen LogP contribution in [0.15, 0.2) is 12.1 Å². The van der Waals surface area contributed by atoms with Crippen LogP contribution in [-0.4, -0.2) is 17.7 Å². The molecule has 0 bridgehead atoms. The van der Waals surface area contributed by atoms with Crippen molar-refractivity contribution in [2.45, 2.75) is 18.4 Å². The third-order valence-electron chi connectivity index (χ3n) is 1.93. The summed E-state index contributed by atoms with van der Waals surface area (Å²) < 4.78 is 28.5. The van der Waals surface area contributed by atoms with E-state index in [1.807, 2.05) is 0 Å². The Hall–Kier alpha value is -0.880.